The van der Waals surface area contributed by atoms with Crippen LogP contribution in [0.4, 0.5) is 0 Å². The summed E-state index contributed by atoms with van der Waals surface area (Å²) >= 11 is 0. The smallest absolute Gasteiger partial charge is 0.220 e. The Morgan fingerprint density at radius 1 is 1.27 bits per heavy atom. The van der Waals surface area contributed by atoms with Gasteiger partial charge in [-0.1, -0.05) is 12.1 Å². The number of ether oxygens (including phenoxy) is 1. The maximum Gasteiger partial charge on any atom is 0.220 e. The second kappa shape index (κ2) is 7.14. The zero-order chi connectivity index (χ0) is 15.4. The maximum absolute atomic E-state index is 12.1. The van der Waals surface area contributed by atoms with Gasteiger partial charge in [-0.2, -0.15) is 0 Å². The zero-order valence-corrected chi connectivity index (χ0v) is 13.4. The number of hydrogen-bond acceptors (Lipinski definition) is 3. The lowest BCUT2D eigenvalue weighted by Gasteiger charge is -2.44. The van der Waals surface area contributed by atoms with Gasteiger partial charge >= 0.3 is 0 Å². The predicted octanol–water partition coefficient (Wildman–Crippen LogP) is 2.23. The Labute approximate surface area is 132 Å². The topological polar surface area (TPSA) is 41.6 Å². The molecule has 1 aromatic rings. The summed E-state index contributed by atoms with van der Waals surface area (Å²) in [6.07, 6.45) is 4.96. The van der Waals surface area contributed by atoms with Crippen molar-refractivity contribution in [3.63, 3.8) is 0 Å². The van der Waals surface area contributed by atoms with Crippen LogP contribution in [0.25, 0.3) is 0 Å². The van der Waals surface area contributed by atoms with E-state index in [9.17, 15) is 4.79 Å². The van der Waals surface area contributed by atoms with Gasteiger partial charge < -0.3 is 15.0 Å². The minimum Gasteiger partial charge on any atom is -0.497 e. The number of nitrogens with zero attached hydrogens (tertiary/aromatic N) is 1. The van der Waals surface area contributed by atoms with Crippen LogP contribution in [0, 0.1) is 5.92 Å². The molecule has 0 aromatic heterocycles. The summed E-state index contributed by atoms with van der Waals surface area (Å²) in [6.45, 7) is 3.48. The fourth-order valence-corrected chi connectivity index (χ4v) is 3.65. The maximum atomic E-state index is 12.1. The van der Waals surface area contributed by atoms with Crippen LogP contribution in [-0.2, 0) is 11.2 Å². The van der Waals surface area contributed by atoms with Gasteiger partial charge in [0.25, 0.3) is 0 Å². The first kappa shape index (κ1) is 15.3. The third kappa shape index (κ3) is 3.80. The SMILES string of the molecule is COc1ccc(CCCC(=O)NC2CN3CCC2CC3)cc1. The van der Waals surface area contributed by atoms with E-state index in [-0.39, 0.29) is 5.91 Å². The third-order valence-corrected chi connectivity index (χ3v) is 5.03. The average Bonchev–Trinajstić information content (AvgIpc) is 2.56. The lowest BCUT2D eigenvalue weighted by molar-refractivity contribution is -0.123. The monoisotopic (exact) mass is 302 g/mol. The molecule has 1 unspecified atom stereocenters. The standard InChI is InChI=1S/C18H26N2O2/c1-22-16-7-5-14(6-8-16)3-2-4-18(21)19-17-13-20-11-9-15(17)10-12-20/h5-8,15,17H,2-4,9-13H2,1H3,(H,19,21). The number of amides is 1. The Morgan fingerprint density at radius 3 is 2.59 bits per heavy atom. The number of fused-ring (bicyclic) bond motifs is 3. The van der Waals surface area contributed by atoms with Crippen molar-refractivity contribution >= 4 is 5.91 Å². The molecule has 1 N–H and O–H groups in total. The quantitative estimate of drug-likeness (QED) is 0.876. The minimum atomic E-state index is 0.215. The minimum absolute atomic E-state index is 0.215. The van der Waals surface area contributed by atoms with Crippen LogP contribution >= 0.6 is 0 Å². The molecule has 4 rings (SSSR count). The van der Waals surface area contributed by atoms with Crippen molar-refractivity contribution in [1.29, 1.82) is 0 Å². The predicted molar refractivity (Wildman–Crippen MR) is 87.0 cm³/mol. The molecule has 22 heavy (non-hydrogen) atoms. The molecule has 3 saturated heterocycles. The molecule has 0 radical (unpaired) electrons. The summed E-state index contributed by atoms with van der Waals surface area (Å²) < 4.78 is 5.15. The van der Waals surface area contributed by atoms with Crippen molar-refractivity contribution in [2.24, 2.45) is 5.92 Å². The Bertz CT molecular complexity index is 492. The van der Waals surface area contributed by atoms with Gasteiger partial charge in [-0.05, 0) is 62.4 Å². The summed E-state index contributed by atoms with van der Waals surface area (Å²) in [6, 6.07) is 8.48. The molecule has 0 aliphatic carbocycles. The highest BCUT2D eigenvalue weighted by atomic mass is 16.5. The first-order chi connectivity index (χ1) is 10.7. The molecular formula is C18H26N2O2. The van der Waals surface area contributed by atoms with Crippen LogP contribution < -0.4 is 10.1 Å². The van der Waals surface area contributed by atoms with E-state index in [1.807, 2.05) is 12.1 Å². The molecule has 1 amide bonds. The fraction of sp³-hybridized carbons (Fsp3) is 0.611. The number of aryl methyl sites for hydroxylation is 1. The van der Waals surface area contributed by atoms with E-state index < -0.39 is 0 Å². The number of nitrogens with one attached hydrogen (secondary N) is 1. The molecule has 0 spiro atoms. The zero-order valence-electron chi connectivity index (χ0n) is 13.4. The number of hydrogen-bond donors (Lipinski definition) is 1. The summed E-state index contributed by atoms with van der Waals surface area (Å²) in [5, 5.41) is 3.25. The van der Waals surface area contributed by atoms with E-state index in [1.54, 1.807) is 7.11 Å². The molecule has 1 aromatic carbocycles. The summed E-state index contributed by atoms with van der Waals surface area (Å²) in [7, 11) is 1.67. The molecule has 4 nitrogen and oxygen atoms in total. The number of rotatable bonds is 6. The van der Waals surface area contributed by atoms with Crippen molar-refractivity contribution in [2.45, 2.75) is 38.1 Å². The van der Waals surface area contributed by atoms with E-state index in [1.165, 1.54) is 31.5 Å². The van der Waals surface area contributed by atoms with Gasteiger partial charge in [0.2, 0.25) is 5.91 Å². The van der Waals surface area contributed by atoms with E-state index >= 15 is 0 Å². The van der Waals surface area contributed by atoms with Gasteiger partial charge in [0.1, 0.15) is 5.75 Å². The van der Waals surface area contributed by atoms with E-state index in [4.69, 9.17) is 4.74 Å². The summed E-state index contributed by atoms with van der Waals surface area (Å²) in [5.74, 6) is 1.80. The molecule has 3 heterocycles. The Morgan fingerprint density at radius 2 is 2.00 bits per heavy atom. The van der Waals surface area contributed by atoms with Crippen molar-refractivity contribution in [3.8, 4) is 5.75 Å². The van der Waals surface area contributed by atoms with Gasteiger partial charge in [-0.15, -0.1) is 0 Å². The number of benzene rings is 1. The van der Waals surface area contributed by atoms with Crippen LogP contribution in [0.3, 0.4) is 0 Å². The molecular weight excluding hydrogens is 276 g/mol. The molecule has 2 bridgehead atoms. The van der Waals surface area contributed by atoms with Crippen molar-refractivity contribution in [3.05, 3.63) is 29.8 Å². The normalized spacial score (nSPS) is 26.7. The highest BCUT2D eigenvalue weighted by Crippen LogP contribution is 2.27. The number of methoxy groups -OCH3 is 1. The number of piperidine rings is 3. The molecule has 0 saturated carbocycles. The van der Waals surface area contributed by atoms with Crippen LogP contribution in [-0.4, -0.2) is 43.6 Å². The van der Waals surface area contributed by atoms with Crippen molar-refractivity contribution in [2.75, 3.05) is 26.7 Å². The Balaban J connectivity index is 1.39. The number of carbonyl (C=O) groups is 1. The van der Waals surface area contributed by atoms with E-state index in [2.05, 4.69) is 22.3 Å². The van der Waals surface area contributed by atoms with Gasteiger partial charge in [-0.25, -0.2) is 0 Å². The largest absolute Gasteiger partial charge is 0.497 e. The highest BCUT2D eigenvalue weighted by Gasteiger charge is 2.34. The fourth-order valence-electron chi connectivity index (χ4n) is 3.65. The van der Waals surface area contributed by atoms with Gasteiger partial charge in [0.15, 0.2) is 0 Å². The molecule has 3 aliphatic rings. The molecule has 3 fully saturated rings. The molecule has 1 atom stereocenters. The Hall–Kier alpha value is -1.55. The summed E-state index contributed by atoms with van der Waals surface area (Å²) in [4.78, 5) is 14.6. The first-order valence-electron chi connectivity index (χ1n) is 8.39. The first-order valence-corrected chi connectivity index (χ1v) is 8.39. The summed E-state index contributed by atoms with van der Waals surface area (Å²) in [5.41, 5.74) is 1.26. The molecule has 4 heteroatoms. The van der Waals surface area contributed by atoms with Crippen LogP contribution in [0.2, 0.25) is 0 Å². The Kier molecular flexibility index (Phi) is 4.98. The van der Waals surface area contributed by atoms with Gasteiger partial charge in [0, 0.05) is 19.0 Å². The number of carbonyl (C=O) groups excluding carboxylic acids is 1. The average molecular weight is 302 g/mol. The lowest BCUT2D eigenvalue weighted by Crippen LogP contribution is -2.57. The highest BCUT2D eigenvalue weighted by molar-refractivity contribution is 5.76. The van der Waals surface area contributed by atoms with Gasteiger partial charge in [-0.3, -0.25) is 4.79 Å². The lowest BCUT2D eigenvalue weighted by atomic mass is 9.84. The second-order valence-electron chi connectivity index (χ2n) is 6.51. The molecule has 120 valence electrons. The van der Waals surface area contributed by atoms with Crippen LogP contribution in [0.15, 0.2) is 24.3 Å². The van der Waals surface area contributed by atoms with Crippen LogP contribution in [0.5, 0.6) is 5.75 Å². The van der Waals surface area contributed by atoms with Gasteiger partial charge in [0.05, 0.1) is 7.11 Å². The third-order valence-electron chi connectivity index (χ3n) is 5.03. The molecule has 3 aliphatic heterocycles. The van der Waals surface area contributed by atoms with Crippen molar-refractivity contribution < 1.29 is 9.53 Å². The van der Waals surface area contributed by atoms with Crippen molar-refractivity contribution in [1.82, 2.24) is 10.2 Å². The van der Waals surface area contributed by atoms with E-state index in [0.29, 0.717) is 18.4 Å². The van der Waals surface area contributed by atoms with Crippen LogP contribution in [0.1, 0.15) is 31.2 Å². The second-order valence-corrected chi connectivity index (χ2v) is 6.51. The van der Waals surface area contributed by atoms with E-state index in [0.717, 1.165) is 25.1 Å².